The third kappa shape index (κ3) is 7.43. The summed E-state index contributed by atoms with van der Waals surface area (Å²) >= 11 is 0. The molecule has 6 aromatic carbocycles. The molecule has 51 heavy (non-hydrogen) atoms. The lowest BCUT2D eigenvalue weighted by molar-refractivity contribution is 0.0683. The van der Waals surface area contributed by atoms with Crippen LogP contribution in [-0.2, 0) is 9.84 Å². The number of benzene rings is 6. The highest BCUT2D eigenvalue weighted by molar-refractivity contribution is 7.91. The highest BCUT2D eigenvalue weighted by Crippen LogP contribution is 2.28. The molecule has 6 rings (SSSR count). The van der Waals surface area contributed by atoms with Gasteiger partial charge in [0, 0.05) is 11.4 Å². The maximum absolute atomic E-state index is 13.6. The predicted molar refractivity (Wildman–Crippen MR) is 192 cm³/mol. The zero-order valence-corrected chi connectivity index (χ0v) is 27.4. The molecule has 0 unspecified atom stereocenters. The Labute approximate surface area is 292 Å². The van der Waals surface area contributed by atoms with Crippen molar-refractivity contribution >= 4 is 45.0 Å². The van der Waals surface area contributed by atoms with E-state index in [0.717, 1.165) is 58.7 Å². The van der Waals surface area contributed by atoms with Crippen molar-refractivity contribution in [2.45, 2.75) is 9.79 Å². The van der Waals surface area contributed by atoms with Crippen LogP contribution in [-0.4, -0.2) is 42.4 Å². The Hall–Kier alpha value is -6.85. The lowest BCUT2D eigenvalue weighted by Gasteiger charge is -2.13. The van der Waals surface area contributed by atoms with E-state index in [2.05, 4.69) is 10.6 Å². The molecule has 0 heterocycles. The first-order valence-electron chi connectivity index (χ1n) is 15.4. The molecule has 0 aliphatic heterocycles. The van der Waals surface area contributed by atoms with Crippen LogP contribution < -0.4 is 10.6 Å². The first kappa shape index (κ1) is 34.0. The van der Waals surface area contributed by atoms with Gasteiger partial charge in [-0.2, -0.15) is 0 Å². The molecule has 0 aliphatic carbocycles. The molecule has 0 aromatic heterocycles. The minimum Gasteiger partial charge on any atom is -0.478 e. The molecule has 0 saturated heterocycles. The number of hydrogen-bond acceptors (Lipinski definition) is 6. The Morgan fingerprint density at radius 3 is 1.08 bits per heavy atom. The van der Waals surface area contributed by atoms with Gasteiger partial charge >= 0.3 is 11.9 Å². The van der Waals surface area contributed by atoms with Crippen LogP contribution in [0.4, 0.5) is 11.4 Å². The summed E-state index contributed by atoms with van der Waals surface area (Å²) in [5.74, 6) is -4.65. The number of carboxylic acids is 2. The molecule has 0 fully saturated rings. The normalized spacial score (nSPS) is 11.0. The van der Waals surface area contributed by atoms with E-state index in [4.69, 9.17) is 0 Å². The molecule has 6 aromatic rings. The van der Waals surface area contributed by atoms with E-state index < -0.39 is 54.5 Å². The molecule has 2 amide bonds. The van der Waals surface area contributed by atoms with Gasteiger partial charge in [-0.1, -0.05) is 84.9 Å². The Balaban J connectivity index is 1.22. The van der Waals surface area contributed by atoms with Crippen LogP contribution in [0.5, 0.6) is 0 Å². The average molecular weight is 697 g/mol. The molecular formula is C40H28N2O8S. The number of carbonyl (C=O) groups is 4. The molecule has 0 spiro atoms. The fraction of sp³-hybridized carbons (Fsp3) is 0. The number of sulfone groups is 1. The van der Waals surface area contributed by atoms with Gasteiger partial charge in [0.1, 0.15) is 0 Å². The number of carbonyl (C=O) groups excluding carboxylic acids is 2. The highest BCUT2D eigenvalue weighted by Gasteiger charge is 2.26. The van der Waals surface area contributed by atoms with Gasteiger partial charge in [0.05, 0.1) is 32.0 Å². The van der Waals surface area contributed by atoms with Gasteiger partial charge in [0.2, 0.25) is 9.84 Å². The van der Waals surface area contributed by atoms with Gasteiger partial charge in [-0.15, -0.1) is 0 Å². The van der Waals surface area contributed by atoms with Crippen LogP contribution in [0.2, 0.25) is 0 Å². The van der Waals surface area contributed by atoms with Gasteiger partial charge < -0.3 is 20.8 Å². The predicted octanol–water partition coefficient (Wildman–Crippen LogP) is 7.75. The van der Waals surface area contributed by atoms with Crippen molar-refractivity contribution in [2.24, 2.45) is 0 Å². The zero-order valence-electron chi connectivity index (χ0n) is 26.6. The van der Waals surface area contributed by atoms with E-state index in [1.807, 2.05) is 60.7 Å². The summed E-state index contributed by atoms with van der Waals surface area (Å²) in [4.78, 5) is 49.7. The van der Waals surface area contributed by atoms with E-state index in [1.54, 1.807) is 48.5 Å². The number of amides is 2. The van der Waals surface area contributed by atoms with Gasteiger partial charge in [-0.05, 0) is 82.9 Å². The second kappa shape index (κ2) is 14.3. The third-order valence-corrected chi connectivity index (χ3v) is 9.80. The molecule has 252 valence electrons. The average Bonchev–Trinajstić information content (AvgIpc) is 3.15. The monoisotopic (exact) mass is 696 g/mol. The fourth-order valence-electron chi connectivity index (χ4n) is 5.42. The van der Waals surface area contributed by atoms with E-state index in [9.17, 15) is 37.8 Å². The lowest BCUT2D eigenvalue weighted by atomic mass is 10.0. The molecule has 4 N–H and O–H groups in total. The van der Waals surface area contributed by atoms with E-state index >= 15 is 0 Å². The first-order chi connectivity index (χ1) is 24.5. The zero-order chi connectivity index (χ0) is 36.1. The largest absolute Gasteiger partial charge is 0.478 e. The maximum Gasteiger partial charge on any atom is 0.336 e. The number of nitrogens with one attached hydrogen (secondary N) is 2. The summed E-state index contributed by atoms with van der Waals surface area (Å²) in [6.45, 7) is 0. The highest BCUT2D eigenvalue weighted by atomic mass is 32.2. The topological polar surface area (TPSA) is 167 Å². The van der Waals surface area contributed by atoms with Crippen LogP contribution in [0.15, 0.2) is 155 Å². The first-order valence-corrected chi connectivity index (χ1v) is 16.9. The molecule has 10 nitrogen and oxygen atoms in total. The van der Waals surface area contributed by atoms with Crippen LogP contribution in [0.1, 0.15) is 41.4 Å². The molecule has 11 heteroatoms. The molecule has 0 radical (unpaired) electrons. The Morgan fingerprint density at radius 1 is 0.412 bits per heavy atom. The van der Waals surface area contributed by atoms with Crippen molar-refractivity contribution in [1.82, 2.24) is 0 Å². The second-order valence-corrected chi connectivity index (χ2v) is 13.3. The molecule has 0 saturated carbocycles. The summed E-state index contributed by atoms with van der Waals surface area (Å²) in [5, 5.41) is 25.1. The van der Waals surface area contributed by atoms with Crippen molar-refractivity contribution in [3.8, 4) is 22.3 Å². The minimum absolute atomic E-state index is 0.288. The van der Waals surface area contributed by atoms with E-state index in [1.165, 1.54) is 0 Å². The molecule has 0 bridgehead atoms. The standard InChI is InChI=1S/C40H28N2O8S/c43-37(41-29-15-11-27(12-16-29)25-7-3-1-4-8-25)33-21-19-31(23-35(33)39(45)46)51(49,50)32-20-22-34(36(24-32)40(47)48)38(44)42-30-17-13-28(14-18-30)26-9-5-2-6-10-26/h1-24H,(H,41,43)(H,42,44)(H,45,46)(H,47,48). The molecular weight excluding hydrogens is 669 g/mol. The van der Waals surface area contributed by atoms with E-state index in [0.29, 0.717) is 11.4 Å². The molecule has 0 atom stereocenters. The number of anilines is 2. The summed E-state index contributed by atoms with van der Waals surface area (Å²) in [6.07, 6.45) is 0. The van der Waals surface area contributed by atoms with Gasteiger partial charge in [-0.25, -0.2) is 18.0 Å². The smallest absolute Gasteiger partial charge is 0.336 e. The Kier molecular flexibility index (Phi) is 9.56. The third-order valence-electron chi connectivity index (χ3n) is 8.05. The van der Waals surface area contributed by atoms with Crippen LogP contribution in [0.3, 0.4) is 0 Å². The lowest BCUT2D eigenvalue weighted by Crippen LogP contribution is -2.18. The SMILES string of the molecule is O=C(O)c1cc(S(=O)(=O)c2ccc(C(=O)Nc3ccc(-c4ccccc4)cc3)c(C(=O)O)c2)ccc1C(=O)Nc1ccc(-c2ccccc2)cc1. The van der Waals surface area contributed by atoms with Gasteiger partial charge in [0.15, 0.2) is 0 Å². The van der Waals surface area contributed by atoms with Gasteiger partial charge in [0.25, 0.3) is 11.8 Å². The van der Waals surface area contributed by atoms with Gasteiger partial charge in [-0.3, -0.25) is 9.59 Å². The summed E-state index contributed by atoms with van der Waals surface area (Å²) in [7, 11) is -4.51. The fourth-order valence-corrected chi connectivity index (χ4v) is 6.73. The summed E-state index contributed by atoms with van der Waals surface area (Å²) < 4.78 is 27.3. The Bertz CT molecular complexity index is 2230. The quantitative estimate of drug-likeness (QED) is 0.113. The molecule has 0 aliphatic rings. The summed E-state index contributed by atoms with van der Waals surface area (Å²) in [6, 6.07) is 38.9. The number of aromatic carboxylic acids is 2. The van der Waals surface area contributed by atoms with E-state index in [-0.39, 0.29) is 11.1 Å². The minimum atomic E-state index is -4.51. The Morgan fingerprint density at radius 2 is 0.745 bits per heavy atom. The van der Waals surface area contributed by atoms with Crippen LogP contribution >= 0.6 is 0 Å². The summed E-state index contributed by atoms with van der Waals surface area (Å²) in [5.41, 5.74) is 2.80. The van der Waals surface area contributed by atoms with Crippen LogP contribution in [0, 0.1) is 0 Å². The van der Waals surface area contributed by atoms with Crippen molar-refractivity contribution in [3.05, 3.63) is 168 Å². The van der Waals surface area contributed by atoms with Crippen molar-refractivity contribution in [3.63, 3.8) is 0 Å². The van der Waals surface area contributed by atoms with Crippen LogP contribution in [0.25, 0.3) is 22.3 Å². The number of rotatable bonds is 10. The second-order valence-electron chi connectivity index (χ2n) is 11.3. The maximum atomic E-state index is 13.6. The number of carboxylic acid groups (broad SMARTS) is 2. The van der Waals surface area contributed by atoms with Crippen molar-refractivity contribution in [1.29, 1.82) is 0 Å². The van der Waals surface area contributed by atoms with Crippen molar-refractivity contribution < 1.29 is 37.8 Å². The number of hydrogen-bond donors (Lipinski definition) is 4. The van der Waals surface area contributed by atoms with Crippen molar-refractivity contribution in [2.75, 3.05) is 10.6 Å².